The van der Waals surface area contributed by atoms with Crippen molar-refractivity contribution in [3.05, 3.63) is 54.4 Å². The molecular weight excluding hydrogens is 363 g/mol. The fourth-order valence-electron chi connectivity index (χ4n) is 2.81. The molecule has 6 nitrogen and oxygen atoms in total. The molecule has 1 saturated heterocycles. The van der Waals surface area contributed by atoms with Crippen molar-refractivity contribution in [1.82, 2.24) is 9.88 Å². The highest BCUT2D eigenvalue weighted by molar-refractivity contribution is 5.98. The lowest BCUT2D eigenvalue weighted by molar-refractivity contribution is -0.274. The van der Waals surface area contributed by atoms with Gasteiger partial charge in [0, 0.05) is 19.2 Å². The zero-order valence-electron chi connectivity index (χ0n) is 14.1. The van der Waals surface area contributed by atoms with Gasteiger partial charge in [-0.05, 0) is 24.3 Å². The molecule has 27 heavy (non-hydrogen) atoms. The third kappa shape index (κ3) is 4.96. The molecule has 1 aliphatic rings. The van der Waals surface area contributed by atoms with Gasteiger partial charge in [0.05, 0.1) is 23.8 Å². The number of carbonyl (C=O) groups excluding carboxylic acids is 2. The summed E-state index contributed by atoms with van der Waals surface area (Å²) < 4.78 is 41.3. The summed E-state index contributed by atoms with van der Waals surface area (Å²) in [5.41, 5.74) is 0.589. The fourth-order valence-corrected chi connectivity index (χ4v) is 2.81. The average Bonchev–Trinajstić information content (AvgIpc) is 2.97. The van der Waals surface area contributed by atoms with E-state index in [1.165, 1.54) is 23.1 Å². The minimum atomic E-state index is -4.87. The average molecular weight is 379 g/mol. The zero-order chi connectivity index (χ0) is 19.4. The molecule has 0 radical (unpaired) electrons. The van der Waals surface area contributed by atoms with Crippen molar-refractivity contribution >= 4 is 17.5 Å². The molecule has 1 aromatic heterocycles. The van der Waals surface area contributed by atoms with Gasteiger partial charge in [-0.15, -0.1) is 13.2 Å². The Kier molecular flexibility index (Phi) is 5.29. The molecule has 0 bridgehead atoms. The van der Waals surface area contributed by atoms with Crippen LogP contribution in [0.5, 0.6) is 5.75 Å². The van der Waals surface area contributed by atoms with Crippen molar-refractivity contribution in [1.29, 1.82) is 0 Å². The second-order valence-electron chi connectivity index (χ2n) is 6.03. The lowest BCUT2D eigenvalue weighted by Gasteiger charge is -2.17. The van der Waals surface area contributed by atoms with Crippen LogP contribution in [0.3, 0.4) is 0 Å². The molecule has 0 saturated carbocycles. The highest BCUT2D eigenvalue weighted by atomic mass is 19.4. The minimum Gasteiger partial charge on any atom is -0.404 e. The number of hydrogen-bond acceptors (Lipinski definition) is 4. The van der Waals surface area contributed by atoms with Crippen molar-refractivity contribution in [3.63, 3.8) is 0 Å². The van der Waals surface area contributed by atoms with Crippen LogP contribution in [0.2, 0.25) is 0 Å². The highest BCUT2D eigenvalue weighted by Gasteiger charge is 2.36. The van der Waals surface area contributed by atoms with Crippen LogP contribution in [0, 0.1) is 5.92 Å². The van der Waals surface area contributed by atoms with E-state index < -0.39 is 23.9 Å². The van der Waals surface area contributed by atoms with E-state index in [9.17, 15) is 22.8 Å². The lowest BCUT2D eigenvalue weighted by Crippen LogP contribution is -2.28. The van der Waals surface area contributed by atoms with Crippen LogP contribution < -0.4 is 10.1 Å². The summed E-state index contributed by atoms with van der Waals surface area (Å²) in [5, 5.41) is 2.42. The predicted molar refractivity (Wildman–Crippen MR) is 89.5 cm³/mol. The maximum Gasteiger partial charge on any atom is 0.573 e. The number of nitrogens with zero attached hydrogens (tertiary/aromatic N) is 2. The molecule has 1 aliphatic heterocycles. The van der Waals surface area contributed by atoms with Crippen molar-refractivity contribution in [2.45, 2.75) is 19.3 Å². The highest BCUT2D eigenvalue weighted by Crippen LogP contribution is 2.31. The summed E-state index contributed by atoms with van der Waals surface area (Å²) in [6.07, 6.45) is -3.28. The Morgan fingerprint density at radius 2 is 1.96 bits per heavy atom. The van der Waals surface area contributed by atoms with Gasteiger partial charge >= 0.3 is 6.36 Å². The summed E-state index contributed by atoms with van der Waals surface area (Å²) in [5.74, 6) is -1.92. The number of hydrogen-bond donors (Lipinski definition) is 1. The summed E-state index contributed by atoms with van der Waals surface area (Å²) in [6.45, 7) is 0.445. The van der Waals surface area contributed by atoms with E-state index in [0.29, 0.717) is 5.69 Å². The Morgan fingerprint density at radius 1 is 1.22 bits per heavy atom. The molecule has 2 aromatic rings. The maximum atomic E-state index is 12.5. The zero-order valence-corrected chi connectivity index (χ0v) is 14.1. The van der Waals surface area contributed by atoms with Gasteiger partial charge < -0.3 is 15.0 Å². The van der Waals surface area contributed by atoms with Crippen LogP contribution in [0.4, 0.5) is 18.9 Å². The fraction of sp³-hybridized carbons (Fsp3) is 0.278. The summed E-state index contributed by atoms with van der Waals surface area (Å²) in [4.78, 5) is 30.2. The standard InChI is InChI=1S/C18H16F3N3O3/c19-18(20,21)27-15-7-2-1-6-14(15)23-17(26)12-9-16(25)24(10-12)11-13-5-3-4-8-22-13/h1-8,12H,9-11H2,(H,23,26)/t12-/m0/s1. The molecule has 3 rings (SSSR count). The van der Waals surface area contributed by atoms with Crippen LogP contribution in [0.25, 0.3) is 0 Å². The van der Waals surface area contributed by atoms with Crippen LogP contribution in [0.15, 0.2) is 48.7 Å². The van der Waals surface area contributed by atoms with Crippen molar-refractivity contribution in [3.8, 4) is 5.75 Å². The van der Waals surface area contributed by atoms with Gasteiger partial charge in [0.25, 0.3) is 0 Å². The second-order valence-corrected chi connectivity index (χ2v) is 6.03. The topological polar surface area (TPSA) is 71.5 Å². The van der Waals surface area contributed by atoms with Crippen LogP contribution in [0.1, 0.15) is 12.1 Å². The van der Waals surface area contributed by atoms with Gasteiger partial charge in [0.15, 0.2) is 5.75 Å². The van der Waals surface area contributed by atoms with Crippen LogP contribution in [-0.2, 0) is 16.1 Å². The van der Waals surface area contributed by atoms with Gasteiger partial charge in [-0.1, -0.05) is 18.2 Å². The first kappa shape index (κ1) is 18.7. The Bertz CT molecular complexity index is 827. The van der Waals surface area contributed by atoms with Gasteiger partial charge in [-0.2, -0.15) is 0 Å². The lowest BCUT2D eigenvalue weighted by atomic mass is 10.1. The van der Waals surface area contributed by atoms with Gasteiger partial charge in [-0.25, -0.2) is 0 Å². The first-order chi connectivity index (χ1) is 12.8. The quantitative estimate of drug-likeness (QED) is 0.867. The monoisotopic (exact) mass is 379 g/mol. The second kappa shape index (κ2) is 7.65. The largest absolute Gasteiger partial charge is 0.573 e. The summed E-state index contributed by atoms with van der Waals surface area (Å²) >= 11 is 0. The van der Waals surface area contributed by atoms with E-state index in [0.717, 1.165) is 6.07 Å². The first-order valence-electron chi connectivity index (χ1n) is 8.15. The minimum absolute atomic E-state index is 0.0129. The van der Waals surface area contributed by atoms with E-state index in [4.69, 9.17) is 0 Å². The number of alkyl halides is 3. The summed E-state index contributed by atoms with van der Waals surface area (Å²) in [6, 6.07) is 10.6. The number of benzene rings is 1. The van der Waals surface area contributed by atoms with Crippen molar-refractivity contribution < 1.29 is 27.5 Å². The SMILES string of the molecule is O=C(Nc1ccccc1OC(F)(F)F)[C@H]1CC(=O)N(Cc2ccccn2)C1. The number of para-hydroxylation sites is 2. The number of likely N-dealkylation sites (tertiary alicyclic amines) is 1. The molecule has 9 heteroatoms. The third-order valence-electron chi connectivity index (χ3n) is 4.03. The predicted octanol–water partition coefficient (Wildman–Crippen LogP) is 2.97. The number of carbonyl (C=O) groups is 2. The molecule has 1 atom stereocenters. The Labute approximate surface area is 152 Å². The summed E-state index contributed by atoms with van der Waals surface area (Å²) in [7, 11) is 0. The Morgan fingerprint density at radius 3 is 2.67 bits per heavy atom. The third-order valence-corrected chi connectivity index (χ3v) is 4.03. The van der Waals surface area contributed by atoms with Gasteiger partial charge in [0.1, 0.15) is 0 Å². The van der Waals surface area contributed by atoms with Crippen LogP contribution in [-0.4, -0.2) is 34.6 Å². The molecule has 142 valence electrons. The van der Waals surface area contributed by atoms with E-state index in [-0.39, 0.29) is 31.1 Å². The molecule has 0 spiro atoms. The van der Waals surface area contributed by atoms with E-state index in [2.05, 4.69) is 15.0 Å². The number of pyridine rings is 1. The number of rotatable bonds is 5. The van der Waals surface area contributed by atoms with E-state index in [1.807, 2.05) is 0 Å². The van der Waals surface area contributed by atoms with Crippen LogP contribution >= 0.6 is 0 Å². The Balaban J connectivity index is 1.65. The van der Waals surface area contributed by atoms with Gasteiger partial charge in [0.2, 0.25) is 11.8 Å². The first-order valence-corrected chi connectivity index (χ1v) is 8.15. The molecule has 2 heterocycles. The molecular formula is C18H16F3N3O3. The normalized spacial score (nSPS) is 17.1. The van der Waals surface area contributed by atoms with E-state index >= 15 is 0 Å². The number of halogens is 3. The number of anilines is 1. The number of ether oxygens (including phenoxy) is 1. The molecule has 1 fully saturated rings. The molecule has 0 unspecified atom stereocenters. The number of amides is 2. The number of aromatic nitrogens is 1. The molecule has 0 aliphatic carbocycles. The van der Waals surface area contributed by atoms with Crippen molar-refractivity contribution in [2.75, 3.05) is 11.9 Å². The smallest absolute Gasteiger partial charge is 0.404 e. The van der Waals surface area contributed by atoms with Gasteiger partial charge in [-0.3, -0.25) is 14.6 Å². The van der Waals surface area contributed by atoms with Crippen molar-refractivity contribution in [2.24, 2.45) is 5.92 Å². The Hall–Kier alpha value is -3.10. The number of nitrogens with one attached hydrogen (secondary N) is 1. The maximum absolute atomic E-state index is 12.5. The molecule has 1 aromatic carbocycles. The molecule has 1 N–H and O–H groups in total. The molecule has 2 amide bonds. The van der Waals surface area contributed by atoms with E-state index in [1.54, 1.807) is 24.4 Å².